The number of rotatable bonds is 7. The molecule has 1 atom stereocenters. The van der Waals surface area contributed by atoms with E-state index >= 15 is 0 Å². The van der Waals surface area contributed by atoms with Gasteiger partial charge in [-0.3, -0.25) is 9.58 Å². The van der Waals surface area contributed by atoms with E-state index < -0.39 is 0 Å². The first kappa shape index (κ1) is 13.5. The summed E-state index contributed by atoms with van der Waals surface area (Å²) in [6.07, 6.45) is 6.38. The topological polar surface area (TPSA) is 53.3 Å². The van der Waals surface area contributed by atoms with Crippen LogP contribution in [0.15, 0.2) is 12.4 Å². The van der Waals surface area contributed by atoms with Crippen molar-refractivity contribution in [3.8, 4) is 0 Å². The molecule has 0 radical (unpaired) electrons. The average Bonchev–Trinajstić information content (AvgIpc) is 3.00. The van der Waals surface area contributed by atoms with Crippen molar-refractivity contribution in [3.05, 3.63) is 18.0 Å². The highest BCUT2D eigenvalue weighted by molar-refractivity contribution is 5.04. The summed E-state index contributed by atoms with van der Waals surface area (Å²) in [5, 5.41) is 16.6. The van der Waals surface area contributed by atoms with Crippen molar-refractivity contribution in [1.82, 2.24) is 20.0 Å². The Labute approximate surface area is 109 Å². The zero-order valence-corrected chi connectivity index (χ0v) is 11.2. The second-order valence-corrected chi connectivity index (χ2v) is 4.95. The van der Waals surface area contributed by atoms with Gasteiger partial charge in [-0.15, -0.1) is 0 Å². The van der Waals surface area contributed by atoms with Gasteiger partial charge in [0, 0.05) is 30.9 Å². The zero-order chi connectivity index (χ0) is 12.8. The summed E-state index contributed by atoms with van der Waals surface area (Å²) in [5.41, 5.74) is 1.24. The lowest BCUT2D eigenvalue weighted by molar-refractivity contribution is 0.199. The predicted molar refractivity (Wildman–Crippen MR) is 71.3 cm³/mol. The van der Waals surface area contributed by atoms with Gasteiger partial charge in [0.2, 0.25) is 0 Å². The quantitative estimate of drug-likeness (QED) is 0.740. The van der Waals surface area contributed by atoms with Crippen molar-refractivity contribution in [3.63, 3.8) is 0 Å². The smallest absolute Gasteiger partial charge is 0.0640 e. The van der Waals surface area contributed by atoms with E-state index in [1.807, 2.05) is 17.1 Å². The van der Waals surface area contributed by atoms with Crippen molar-refractivity contribution < 1.29 is 5.11 Å². The largest absolute Gasteiger partial charge is 0.394 e. The van der Waals surface area contributed by atoms with E-state index in [0.717, 1.165) is 26.2 Å². The molecule has 2 N–H and O–H groups in total. The first-order valence-electron chi connectivity index (χ1n) is 6.90. The van der Waals surface area contributed by atoms with Gasteiger partial charge >= 0.3 is 0 Å². The molecular weight excluding hydrogens is 228 g/mol. The van der Waals surface area contributed by atoms with E-state index in [9.17, 15) is 0 Å². The Kier molecular flexibility index (Phi) is 5.16. The third-order valence-electron chi connectivity index (χ3n) is 3.46. The summed E-state index contributed by atoms with van der Waals surface area (Å²) >= 11 is 0. The Morgan fingerprint density at radius 1 is 1.61 bits per heavy atom. The maximum absolute atomic E-state index is 8.89. The molecule has 102 valence electrons. The molecule has 0 amide bonds. The minimum absolute atomic E-state index is 0.145. The number of aromatic nitrogens is 2. The van der Waals surface area contributed by atoms with Gasteiger partial charge in [-0.2, -0.15) is 5.10 Å². The molecule has 5 nitrogen and oxygen atoms in total. The van der Waals surface area contributed by atoms with Gasteiger partial charge in [-0.05, 0) is 25.9 Å². The molecule has 0 aliphatic carbocycles. The van der Waals surface area contributed by atoms with Gasteiger partial charge in [0.05, 0.1) is 19.3 Å². The number of aliphatic hydroxyl groups excluding tert-OH is 1. The molecule has 1 fully saturated rings. The number of hydrogen-bond acceptors (Lipinski definition) is 4. The summed E-state index contributed by atoms with van der Waals surface area (Å²) in [7, 11) is 0. The molecule has 1 aliphatic heterocycles. The standard InChI is InChI=1S/C13H24N4O/c1-2-5-16(13-3-4-14-9-13)10-12-8-15-17(11-12)6-7-18/h8,11,13-14,18H,2-7,9-10H2,1H3. The van der Waals surface area contributed by atoms with Crippen LogP contribution in [-0.4, -0.2) is 52.1 Å². The highest BCUT2D eigenvalue weighted by Crippen LogP contribution is 2.13. The fourth-order valence-electron chi connectivity index (χ4n) is 2.58. The average molecular weight is 252 g/mol. The van der Waals surface area contributed by atoms with Gasteiger partial charge in [-0.25, -0.2) is 0 Å². The van der Waals surface area contributed by atoms with Gasteiger partial charge in [0.1, 0.15) is 0 Å². The molecule has 0 saturated carbocycles. The van der Waals surface area contributed by atoms with Crippen molar-refractivity contribution in [2.24, 2.45) is 0 Å². The van der Waals surface area contributed by atoms with Gasteiger partial charge in [0.15, 0.2) is 0 Å². The molecule has 1 saturated heterocycles. The van der Waals surface area contributed by atoms with Crippen LogP contribution in [0.2, 0.25) is 0 Å². The van der Waals surface area contributed by atoms with Gasteiger partial charge < -0.3 is 10.4 Å². The molecule has 0 aromatic carbocycles. The predicted octanol–water partition coefficient (Wildman–Crippen LogP) is 0.449. The molecule has 2 heterocycles. The summed E-state index contributed by atoms with van der Waals surface area (Å²) < 4.78 is 1.81. The number of aliphatic hydroxyl groups is 1. The van der Waals surface area contributed by atoms with Gasteiger partial charge in [0.25, 0.3) is 0 Å². The molecule has 18 heavy (non-hydrogen) atoms. The fourth-order valence-corrected chi connectivity index (χ4v) is 2.58. The van der Waals surface area contributed by atoms with E-state index in [1.165, 1.54) is 18.4 Å². The first-order valence-corrected chi connectivity index (χ1v) is 6.90. The number of hydrogen-bond donors (Lipinski definition) is 2. The maximum Gasteiger partial charge on any atom is 0.0640 e. The molecule has 1 unspecified atom stereocenters. The molecule has 0 spiro atoms. The Bertz CT molecular complexity index is 347. The summed E-state index contributed by atoms with van der Waals surface area (Å²) in [6.45, 7) is 7.29. The van der Waals surface area contributed by atoms with Crippen LogP contribution in [0, 0.1) is 0 Å². The van der Waals surface area contributed by atoms with Gasteiger partial charge in [-0.1, -0.05) is 6.92 Å². The SMILES string of the molecule is CCCN(Cc1cnn(CCO)c1)C1CCNC1. The Morgan fingerprint density at radius 2 is 2.50 bits per heavy atom. The fraction of sp³-hybridized carbons (Fsp3) is 0.769. The van der Waals surface area contributed by atoms with Crippen LogP contribution in [-0.2, 0) is 13.1 Å². The van der Waals surface area contributed by atoms with Crippen LogP contribution in [0.5, 0.6) is 0 Å². The van der Waals surface area contributed by atoms with Crippen LogP contribution in [0.4, 0.5) is 0 Å². The molecular formula is C13H24N4O. The van der Waals surface area contributed by atoms with Crippen molar-refractivity contribution >= 4 is 0 Å². The normalized spacial score (nSPS) is 19.8. The molecule has 0 bridgehead atoms. The highest BCUT2D eigenvalue weighted by atomic mass is 16.3. The van der Waals surface area contributed by atoms with E-state index in [2.05, 4.69) is 22.2 Å². The summed E-state index contributed by atoms with van der Waals surface area (Å²) in [4.78, 5) is 2.54. The molecule has 1 aliphatic rings. The minimum atomic E-state index is 0.145. The van der Waals surface area contributed by atoms with E-state index in [-0.39, 0.29) is 6.61 Å². The summed E-state index contributed by atoms with van der Waals surface area (Å²) in [5.74, 6) is 0. The van der Waals surface area contributed by atoms with E-state index in [1.54, 1.807) is 0 Å². The van der Waals surface area contributed by atoms with Crippen LogP contribution >= 0.6 is 0 Å². The Morgan fingerprint density at radius 3 is 3.17 bits per heavy atom. The molecule has 5 heteroatoms. The van der Waals surface area contributed by atoms with Crippen molar-refractivity contribution in [2.75, 3.05) is 26.2 Å². The minimum Gasteiger partial charge on any atom is -0.394 e. The monoisotopic (exact) mass is 252 g/mol. The Hall–Kier alpha value is -0.910. The molecule has 1 aromatic rings. The number of nitrogens with zero attached hydrogens (tertiary/aromatic N) is 3. The molecule has 2 rings (SSSR count). The summed E-state index contributed by atoms with van der Waals surface area (Å²) in [6, 6.07) is 0.658. The number of nitrogens with one attached hydrogen (secondary N) is 1. The van der Waals surface area contributed by atoms with Crippen molar-refractivity contribution in [2.45, 2.75) is 38.9 Å². The second kappa shape index (κ2) is 6.87. The van der Waals surface area contributed by atoms with Crippen LogP contribution < -0.4 is 5.32 Å². The van der Waals surface area contributed by atoms with Crippen LogP contribution in [0.3, 0.4) is 0 Å². The third kappa shape index (κ3) is 3.54. The Balaban J connectivity index is 1.93. The van der Waals surface area contributed by atoms with Crippen LogP contribution in [0.1, 0.15) is 25.3 Å². The van der Waals surface area contributed by atoms with Crippen LogP contribution in [0.25, 0.3) is 0 Å². The van der Waals surface area contributed by atoms with E-state index in [0.29, 0.717) is 12.6 Å². The lowest BCUT2D eigenvalue weighted by Crippen LogP contribution is -2.36. The zero-order valence-electron chi connectivity index (χ0n) is 11.2. The first-order chi connectivity index (χ1) is 8.83. The molecule has 1 aromatic heterocycles. The second-order valence-electron chi connectivity index (χ2n) is 4.95. The van der Waals surface area contributed by atoms with E-state index in [4.69, 9.17) is 5.11 Å². The third-order valence-corrected chi connectivity index (χ3v) is 3.46. The lowest BCUT2D eigenvalue weighted by Gasteiger charge is -2.27. The van der Waals surface area contributed by atoms with Crippen molar-refractivity contribution in [1.29, 1.82) is 0 Å². The highest BCUT2D eigenvalue weighted by Gasteiger charge is 2.21. The maximum atomic E-state index is 8.89. The lowest BCUT2D eigenvalue weighted by atomic mass is 10.2.